The van der Waals surface area contributed by atoms with Gasteiger partial charge in [0, 0.05) is 19.8 Å². The Morgan fingerprint density at radius 1 is 1.16 bits per heavy atom. The molecule has 3 aliphatic rings. The van der Waals surface area contributed by atoms with Crippen molar-refractivity contribution in [3.8, 4) is 11.5 Å². The average Bonchev–Trinajstić information content (AvgIpc) is 3.18. The summed E-state index contributed by atoms with van der Waals surface area (Å²) in [5.41, 5.74) is 0.715. The quantitative estimate of drug-likeness (QED) is 0.713. The van der Waals surface area contributed by atoms with Gasteiger partial charge in [0.1, 0.15) is 12.1 Å². The SMILES string of the molecule is CC(=O)N1C(=O)C2CCC(=O)N2C(=O)C1Cc1ccc2c(c1)OCO2. The van der Waals surface area contributed by atoms with Crippen molar-refractivity contribution in [3.05, 3.63) is 23.8 Å². The Labute approximate surface area is 143 Å². The van der Waals surface area contributed by atoms with Crippen molar-refractivity contribution in [1.29, 1.82) is 0 Å². The first-order valence-electron chi connectivity index (χ1n) is 8.05. The van der Waals surface area contributed by atoms with Crippen LogP contribution in [0.5, 0.6) is 11.5 Å². The molecule has 0 spiro atoms. The van der Waals surface area contributed by atoms with Crippen molar-refractivity contribution < 1.29 is 28.7 Å². The van der Waals surface area contributed by atoms with Crippen LogP contribution in [0.3, 0.4) is 0 Å². The second-order valence-electron chi connectivity index (χ2n) is 6.29. The van der Waals surface area contributed by atoms with Crippen LogP contribution in [0.2, 0.25) is 0 Å². The van der Waals surface area contributed by atoms with Crippen molar-refractivity contribution in [2.75, 3.05) is 6.79 Å². The van der Waals surface area contributed by atoms with Gasteiger partial charge in [0.15, 0.2) is 11.5 Å². The average molecular weight is 344 g/mol. The molecule has 130 valence electrons. The van der Waals surface area contributed by atoms with Gasteiger partial charge >= 0.3 is 0 Å². The fourth-order valence-corrected chi connectivity index (χ4v) is 3.62. The Morgan fingerprint density at radius 2 is 1.92 bits per heavy atom. The third-order valence-electron chi connectivity index (χ3n) is 4.77. The Morgan fingerprint density at radius 3 is 2.68 bits per heavy atom. The van der Waals surface area contributed by atoms with Crippen LogP contribution in [-0.2, 0) is 25.6 Å². The molecule has 4 rings (SSSR count). The fourth-order valence-electron chi connectivity index (χ4n) is 3.62. The van der Waals surface area contributed by atoms with Crippen LogP contribution in [0.25, 0.3) is 0 Å². The summed E-state index contributed by atoms with van der Waals surface area (Å²) in [7, 11) is 0. The van der Waals surface area contributed by atoms with Gasteiger partial charge in [-0.25, -0.2) is 0 Å². The number of amides is 4. The van der Waals surface area contributed by atoms with Gasteiger partial charge in [0.05, 0.1) is 0 Å². The van der Waals surface area contributed by atoms with Crippen LogP contribution in [0.4, 0.5) is 0 Å². The first-order chi connectivity index (χ1) is 12.0. The van der Waals surface area contributed by atoms with Gasteiger partial charge in [-0.05, 0) is 24.1 Å². The smallest absolute Gasteiger partial charge is 0.253 e. The highest BCUT2D eigenvalue weighted by Gasteiger charge is 2.52. The Balaban J connectivity index is 1.67. The summed E-state index contributed by atoms with van der Waals surface area (Å²) in [6.45, 7) is 1.38. The predicted molar refractivity (Wildman–Crippen MR) is 82.5 cm³/mol. The number of piperazine rings is 1. The number of hydrogen-bond donors (Lipinski definition) is 0. The molecule has 8 nitrogen and oxygen atoms in total. The van der Waals surface area contributed by atoms with Crippen molar-refractivity contribution in [3.63, 3.8) is 0 Å². The van der Waals surface area contributed by atoms with Crippen molar-refractivity contribution >= 4 is 23.6 Å². The molecule has 1 aromatic rings. The largest absolute Gasteiger partial charge is 0.454 e. The second kappa shape index (κ2) is 5.58. The number of ether oxygens (including phenoxy) is 2. The zero-order chi connectivity index (χ0) is 17.7. The third kappa shape index (κ3) is 2.36. The molecular weight excluding hydrogens is 328 g/mol. The minimum absolute atomic E-state index is 0.122. The maximum Gasteiger partial charge on any atom is 0.253 e. The summed E-state index contributed by atoms with van der Waals surface area (Å²) in [5.74, 6) is -0.682. The van der Waals surface area contributed by atoms with Gasteiger partial charge in [0.2, 0.25) is 18.6 Å². The lowest BCUT2D eigenvalue weighted by molar-refractivity contribution is -0.168. The molecule has 0 aromatic heterocycles. The summed E-state index contributed by atoms with van der Waals surface area (Å²) >= 11 is 0. The van der Waals surface area contributed by atoms with Gasteiger partial charge in [-0.1, -0.05) is 6.07 Å². The van der Waals surface area contributed by atoms with Crippen molar-refractivity contribution in [2.45, 2.75) is 38.3 Å². The zero-order valence-corrected chi connectivity index (χ0v) is 13.6. The molecule has 0 saturated carbocycles. The van der Waals surface area contributed by atoms with E-state index in [-0.39, 0.29) is 32.0 Å². The molecular formula is C17H16N2O6. The number of carbonyl (C=O) groups is 4. The Hall–Kier alpha value is -2.90. The van der Waals surface area contributed by atoms with E-state index in [0.29, 0.717) is 17.1 Å². The minimum atomic E-state index is -1.02. The van der Waals surface area contributed by atoms with Crippen LogP contribution in [0.1, 0.15) is 25.3 Å². The summed E-state index contributed by atoms with van der Waals surface area (Å²) in [4.78, 5) is 51.5. The standard InChI is InChI=1S/C17H16N2O6/c1-9(20)18-12(6-10-2-4-13-14(7-10)25-8-24-13)17(23)19-11(16(18)22)3-5-15(19)21/h2,4,7,11-12H,3,5-6,8H2,1H3. The summed E-state index contributed by atoms with van der Waals surface area (Å²) in [5, 5.41) is 0. The molecule has 0 radical (unpaired) electrons. The van der Waals surface area contributed by atoms with E-state index >= 15 is 0 Å². The van der Waals surface area contributed by atoms with Crippen LogP contribution in [0.15, 0.2) is 18.2 Å². The number of rotatable bonds is 2. The number of hydrogen-bond acceptors (Lipinski definition) is 6. The highest BCUT2D eigenvalue weighted by Crippen LogP contribution is 2.34. The van der Waals surface area contributed by atoms with E-state index in [2.05, 4.69) is 0 Å². The number of carbonyl (C=O) groups excluding carboxylic acids is 4. The lowest BCUT2D eigenvalue weighted by Gasteiger charge is -2.39. The Bertz CT molecular complexity index is 804. The Kier molecular flexibility index (Phi) is 3.48. The molecule has 0 aliphatic carbocycles. The summed E-state index contributed by atoms with van der Waals surface area (Å²) in [6.07, 6.45) is 0.534. The monoisotopic (exact) mass is 344 g/mol. The number of nitrogens with zero attached hydrogens (tertiary/aromatic N) is 2. The highest BCUT2D eigenvalue weighted by molar-refractivity contribution is 6.13. The number of benzene rings is 1. The molecule has 25 heavy (non-hydrogen) atoms. The maximum absolute atomic E-state index is 12.8. The molecule has 2 atom stereocenters. The number of fused-ring (bicyclic) bond motifs is 2. The molecule has 2 unspecified atom stereocenters. The minimum Gasteiger partial charge on any atom is -0.454 e. The molecule has 2 saturated heterocycles. The molecule has 8 heteroatoms. The summed E-state index contributed by atoms with van der Waals surface area (Å²) in [6, 6.07) is 3.31. The van der Waals surface area contributed by atoms with Gasteiger partial charge < -0.3 is 9.47 Å². The lowest BCUT2D eigenvalue weighted by Crippen LogP contribution is -2.65. The van der Waals surface area contributed by atoms with Crippen molar-refractivity contribution in [1.82, 2.24) is 9.80 Å². The van der Waals surface area contributed by atoms with E-state index < -0.39 is 29.8 Å². The van der Waals surface area contributed by atoms with E-state index in [1.165, 1.54) is 6.92 Å². The topological polar surface area (TPSA) is 93.2 Å². The van der Waals surface area contributed by atoms with Gasteiger partial charge in [-0.3, -0.25) is 29.0 Å². The van der Waals surface area contributed by atoms with E-state index in [4.69, 9.17) is 9.47 Å². The van der Waals surface area contributed by atoms with Crippen LogP contribution >= 0.6 is 0 Å². The van der Waals surface area contributed by atoms with Crippen molar-refractivity contribution in [2.24, 2.45) is 0 Å². The molecule has 2 fully saturated rings. The maximum atomic E-state index is 12.8. The number of imide groups is 2. The molecule has 3 heterocycles. The predicted octanol–water partition coefficient (Wildman–Crippen LogP) is 0.233. The molecule has 1 aromatic carbocycles. The molecule has 0 N–H and O–H groups in total. The fraction of sp³-hybridized carbons (Fsp3) is 0.412. The lowest BCUT2D eigenvalue weighted by atomic mass is 9.98. The zero-order valence-electron chi connectivity index (χ0n) is 13.6. The van der Waals surface area contributed by atoms with Crippen LogP contribution < -0.4 is 9.47 Å². The normalized spacial score (nSPS) is 24.8. The van der Waals surface area contributed by atoms with E-state index in [1.807, 2.05) is 0 Å². The molecule has 4 amide bonds. The second-order valence-corrected chi connectivity index (χ2v) is 6.29. The third-order valence-corrected chi connectivity index (χ3v) is 4.77. The van der Waals surface area contributed by atoms with Gasteiger partial charge in [-0.15, -0.1) is 0 Å². The molecule has 0 bridgehead atoms. The van der Waals surface area contributed by atoms with Crippen LogP contribution in [-0.4, -0.2) is 52.3 Å². The summed E-state index contributed by atoms with van der Waals surface area (Å²) < 4.78 is 10.6. The van der Waals surface area contributed by atoms with Crippen LogP contribution in [0, 0.1) is 0 Å². The van der Waals surface area contributed by atoms with E-state index in [0.717, 1.165) is 9.80 Å². The first kappa shape index (κ1) is 15.6. The van der Waals surface area contributed by atoms with Gasteiger partial charge in [0.25, 0.3) is 11.8 Å². The van der Waals surface area contributed by atoms with E-state index in [9.17, 15) is 19.2 Å². The molecule has 3 aliphatic heterocycles. The highest BCUT2D eigenvalue weighted by atomic mass is 16.7. The van der Waals surface area contributed by atoms with Gasteiger partial charge in [-0.2, -0.15) is 0 Å². The first-order valence-corrected chi connectivity index (χ1v) is 8.05. The van der Waals surface area contributed by atoms with E-state index in [1.54, 1.807) is 18.2 Å².